The second kappa shape index (κ2) is 29.7. The molecule has 3 nitrogen and oxygen atoms in total. The second-order valence-electron chi connectivity index (χ2n) is 13.8. The maximum atomic E-state index is 13.5. The Morgan fingerprint density at radius 3 is 1.41 bits per heavy atom. The lowest BCUT2D eigenvalue weighted by molar-refractivity contribution is -0.131. The SMILES string of the molecule is CCCCCCCCCCCCCCN(CCCCCCCCCCCCCC)C(=O)CCC(C)(C#N)SC(=S)c1ccccc1. The lowest BCUT2D eigenvalue weighted by Crippen LogP contribution is -2.34. The van der Waals surface area contributed by atoms with Gasteiger partial charge in [-0.05, 0) is 31.7 Å². The number of carbonyl (C=O) groups excluding carboxylic acids is 1. The fourth-order valence-electron chi connectivity index (χ4n) is 6.12. The zero-order valence-corrected chi connectivity index (χ0v) is 31.9. The van der Waals surface area contributed by atoms with Gasteiger partial charge in [0, 0.05) is 19.5 Å². The van der Waals surface area contributed by atoms with Crippen LogP contribution in [0.5, 0.6) is 0 Å². The van der Waals surface area contributed by atoms with Crippen LogP contribution in [0.2, 0.25) is 0 Å². The number of unbranched alkanes of at least 4 members (excludes halogenated alkanes) is 22. The number of nitriles is 1. The van der Waals surface area contributed by atoms with Crippen LogP contribution in [-0.2, 0) is 4.79 Å². The van der Waals surface area contributed by atoms with Crippen LogP contribution in [0.4, 0.5) is 0 Å². The van der Waals surface area contributed by atoms with E-state index in [9.17, 15) is 10.1 Å². The summed E-state index contributed by atoms with van der Waals surface area (Å²) in [4.78, 5) is 15.6. The molecule has 0 bridgehead atoms. The molecule has 0 aliphatic rings. The number of benzene rings is 1. The van der Waals surface area contributed by atoms with Crippen LogP contribution in [0.15, 0.2) is 30.3 Å². The fraction of sp³-hybridized carbons (Fsp3) is 0.780. The smallest absolute Gasteiger partial charge is 0.222 e. The van der Waals surface area contributed by atoms with E-state index in [0.29, 0.717) is 12.8 Å². The summed E-state index contributed by atoms with van der Waals surface area (Å²) in [5, 5.41) is 10.0. The number of hydrogen-bond donors (Lipinski definition) is 0. The van der Waals surface area contributed by atoms with Crippen molar-refractivity contribution in [2.45, 2.75) is 192 Å². The van der Waals surface area contributed by atoms with E-state index >= 15 is 0 Å². The monoisotopic (exact) mass is 670 g/mol. The molecule has 0 saturated carbocycles. The van der Waals surface area contributed by atoms with Gasteiger partial charge in [-0.15, -0.1) is 0 Å². The van der Waals surface area contributed by atoms with Gasteiger partial charge >= 0.3 is 0 Å². The van der Waals surface area contributed by atoms with E-state index in [-0.39, 0.29) is 5.91 Å². The predicted octanol–water partition coefficient (Wildman–Crippen LogP) is 13.4. The van der Waals surface area contributed by atoms with Gasteiger partial charge in [0.25, 0.3) is 0 Å². The van der Waals surface area contributed by atoms with Crippen molar-refractivity contribution >= 4 is 34.1 Å². The molecule has 1 amide bonds. The average Bonchev–Trinajstić information content (AvgIpc) is 3.07. The highest BCUT2D eigenvalue weighted by atomic mass is 32.2. The van der Waals surface area contributed by atoms with Crippen molar-refractivity contribution in [3.8, 4) is 6.07 Å². The molecule has 0 spiro atoms. The van der Waals surface area contributed by atoms with Crippen LogP contribution in [0.25, 0.3) is 0 Å². The summed E-state index contributed by atoms with van der Waals surface area (Å²) in [6, 6.07) is 12.4. The maximum absolute atomic E-state index is 13.5. The number of amides is 1. The number of rotatable bonds is 31. The van der Waals surface area contributed by atoms with Crippen molar-refractivity contribution in [2.24, 2.45) is 0 Å². The summed E-state index contributed by atoms with van der Waals surface area (Å²) in [7, 11) is 0. The normalized spacial score (nSPS) is 12.5. The Kier molecular flexibility index (Phi) is 27.6. The molecule has 0 heterocycles. The molecule has 0 aliphatic heterocycles. The van der Waals surface area contributed by atoms with E-state index in [2.05, 4.69) is 24.8 Å². The Bertz CT molecular complexity index is 887. The third-order valence-corrected chi connectivity index (χ3v) is 10.9. The molecule has 0 N–H and O–H groups in total. The molecular formula is C41H70N2OS2. The maximum Gasteiger partial charge on any atom is 0.222 e. The molecule has 262 valence electrons. The first-order valence-corrected chi connectivity index (χ1v) is 20.7. The standard InChI is InChI=1S/C41H70N2OS2/c1-4-6-8-10-12-14-16-18-20-22-24-29-35-43(36-30-25-23-21-19-17-15-13-11-9-7-5-2)39(44)33-34-41(3,37-42)46-40(45)38-31-27-26-28-32-38/h26-28,31-32H,4-25,29-30,33-36H2,1-3H3. The van der Waals surface area contributed by atoms with E-state index in [1.807, 2.05) is 37.3 Å². The molecule has 0 radical (unpaired) electrons. The van der Waals surface area contributed by atoms with Crippen molar-refractivity contribution < 1.29 is 4.79 Å². The largest absolute Gasteiger partial charge is 0.343 e. The van der Waals surface area contributed by atoms with Crippen molar-refractivity contribution in [3.63, 3.8) is 0 Å². The van der Waals surface area contributed by atoms with Gasteiger partial charge in [-0.1, -0.05) is 209 Å². The first-order chi connectivity index (χ1) is 22.5. The zero-order valence-electron chi connectivity index (χ0n) is 30.3. The van der Waals surface area contributed by atoms with Crippen LogP contribution < -0.4 is 0 Å². The topological polar surface area (TPSA) is 44.1 Å². The summed E-state index contributed by atoms with van der Waals surface area (Å²) < 4.78 is 0.0159. The Labute approximate surface area is 295 Å². The Hall–Kier alpha value is -1.38. The second-order valence-corrected chi connectivity index (χ2v) is 15.9. The minimum atomic E-state index is -0.708. The highest BCUT2D eigenvalue weighted by Gasteiger charge is 2.29. The van der Waals surface area contributed by atoms with E-state index in [0.717, 1.165) is 35.7 Å². The molecule has 5 heteroatoms. The lowest BCUT2D eigenvalue weighted by atomic mass is 10.0. The van der Waals surface area contributed by atoms with Gasteiger partial charge in [0.15, 0.2) is 0 Å². The van der Waals surface area contributed by atoms with Gasteiger partial charge in [0.2, 0.25) is 5.91 Å². The Balaban J connectivity index is 2.43. The molecule has 0 saturated heterocycles. The van der Waals surface area contributed by atoms with Gasteiger partial charge in [0.1, 0.15) is 4.75 Å². The van der Waals surface area contributed by atoms with Crippen molar-refractivity contribution in [1.29, 1.82) is 5.26 Å². The molecular weight excluding hydrogens is 601 g/mol. The molecule has 46 heavy (non-hydrogen) atoms. The van der Waals surface area contributed by atoms with Crippen molar-refractivity contribution in [1.82, 2.24) is 4.90 Å². The predicted molar refractivity (Wildman–Crippen MR) is 208 cm³/mol. The molecule has 1 rings (SSSR count). The molecule has 1 atom stereocenters. The number of nitrogens with zero attached hydrogens (tertiary/aromatic N) is 2. The summed E-state index contributed by atoms with van der Waals surface area (Å²) in [6.07, 6.45) is 32.8. The van der Waals surface area contributed by atoms with E-state index in [1.54, 1.807) is 0 Å². The Morgan fingerprint density at radius 2 is 1.04 bits per heavy atom. The van der Waals surface area contributed by atoms with Crippen LogP contribution >= 0.6 is 24.0 Å². The highest BCUT2D eigenvalue weighted by Crippen LogP contribution is 2.33. The van der Waals surface area contributed by atoms with Gasteiger partial charge in [-0.3, -0.25) is 4.79 Å². The van der Waals surface area contributed by atoms with Crippen molar-refractivity contribution in [2.75, 3.05) is 13.1 Å². The minimum absolute atomic E-state index is 0.207. The van der Waals surface area contributed by atoms with E-state index in [4.69, 9.17) is 12.2 Å². The van der Waals surface area contributed by atoms with Gasteiger partial charge < -0.3 is 4.90 Å². The van der Waals surface area contributed by atoms with Gasteiger partial charge in [0.05, 0.1) is 10.3 Å². The van der Waals surface area contributed by atoms with Gasteiger partial charge in [-0.2, -0.15) is 5.26 Å². The first kappa shape index (κ1) is 42.6. The molecule has 0 aliphatic carbocycles. The summed E-state index contributed by atoms with van der Waals surface area (Å²) in [5.41, 5.74) is 0.968. The molecule has 1 unspecified atom stereocenters. The Morgan fingerprint density at radius 1 is 0.674 bits per heavy atom. The molecule has 1 aromatic rings. The molecule has 0 fully saturated rings. The first-order valence-electron chi connectivity index (χ1n) is 19.4. The number of carbonyl (C=O) groups is 1. The van der Waals surface area contributed by atoms with E-state index < -0.39 is 4.75 Å². The summed E-state index contributed by atoms with van der Waals surface area (Å²) in [6.45, 7) is 8.20. The van der Waals surface area contributed by atoms with E-state index in [1.165, 1.54) is 153 Å². The van der Waals surface area contributed by atoms with Crippen LogP contribution in [0.1, 0.15) is 193 Å². The van der Waals surface area contributed by atoms with Crippen molar-refractivity contribution in [3.05, 3.63) is 35.9 Å². The van der Waals surface area contributed by atoms with Gasteiger partial charge in [-0.25, -0.2) is 0 Å². The van der Waals surface area contributed by atoms with Crippen LogP contribution in [0, 0.1) is 11.3 Å². The average molecular weight is 671 g/mol. The lowest BCUT2D eigenvalue weighted by Gasteiger charge is -2.26. The van der Waals surface area contributed by atoms with Crippen LogP contribution in [-0.4, -0.2) is 32.8 Å². The minimum Gasteiger partial charge on any atom is -0.343 e. The molecule has 1 aromatic carbocycles. The third-order valence-electron chi connectivity index (χ3n) is 9.30. The zero-order chi connectivity index (χ0) is 33.6. The number of thioether (sulfide) groups is 1. The highest BCUT2D eigenvalue weighted by molar-refractivity contribution is 8.24. The molecule has 0 aromatic heterocycles. The fourth-order valence-corrected chi connectivity index (χ4v) is 7.72. The van der Waals surface area contributed by atoms with Crippen LogP contribution in [0.3, 0.4) is 0 Å². The quantitative estimate of drug-likeness (QED) is 0.0582. The summed E-state index contributed by atoms with van der Waals surface area (Å²) >= 11 is 7.08. The number of hydrogen-bond acceptors (Lipinski definition) is 4. The summed E-state index contributed by atoms with van der Waals surface area (Å²) in [5.74, 6) is 0.207. The number of thiocarbonyl (C=S) groups is 1. The third kappa shape index (κ3) is 23.0.